The molecule has 11 heteroatoms. The van der Waals surface area contributed by atoms with Crippen molar-refractivity contribution in [1.82, 2.24) is 15.1 Å². The van der Waals surface area contributed by atoms with E-state index in [-0.39, 0.29) is 25.1 Å². The Bertz CT molecular complexity index is 1000. The summed E-state index contributed by atoms with van der Waals surface area (Å²) in [6, 6.07) is 10.7. The minimum Gasteiger partial charge on any atom is -0.447 e. The Morgan fingerprint density at radius 2 is 2.00 bits per heavy atom. The molecule has 2 aliphatic rings. The topological polar surface area (TPSA) is 126 Å². The maximum absolute atomic E-state index is 13.7. The highest BCUT2D eigenvalue weighted by atomic mass is 19.1. The summed E-state index contributed by atoms with van der Waals surface area (Å²) in [5.74, 6) is -1.41. The molecule has 3 N–H and O–H groups in total. The van der Waals surface area contributed by atoms with Gasteiger partial charge in [-0.1, -0.05) is 30.3 Å². The van der Waals surface area contributed by atoms with Crippen molar-refractivity contribution in [2.24, 2.45) is 0 Å². The van der Waals surface area contributed by atoms with Gasteiger partial charge >= 0.3 is 13.2 Å². The fraction of sp³-hybridized carbons (Fsp3) is 0.577. The second-order valence-corrected chi connectivity index (χ2v) is 10.3. The first-order chi connectivity index (χ1) is 17.6. The van der Waals surface area contributed by atoms with Gasteiger partial charge in [-0.25, -0.2) is 9.18 Å². The molecule has 3 rings (SSSR count). The van der Waals surface area contributed by atoms with E-state index < -0.39 is 42.8 Å². The molecule has 2 aliphatic heterocycles. The van der Waals surface area contributed by atoms with Crippen LogP contribution in [0.4, 0.5) is 9.18 Å². The molecule has 1 aromatic rings. The van der Waals surface area contributed by atoms with E-state index in [0.717, 1.165) is 18.4 Å². The zero-order chi connectivity index (χ0) is 27.0. The number of carbonyl (C=O) groups is 2. The summed E-state index contributed by atoms with van der Waals surface area (Å²) in [6.45, 7) is 4.88. The van der Waals surface area contributed by atoms with Crippen molar-refractivity contribution in [2.45, 2.75) is 69.6 Å². The fourth-order valence-corrected chi connectivity index (χ4v) is 4.89. The van der Waals surface area contributed by atoms with Crippen LogP contribution in [0.3, 0.4) is 0 Å². The summed E-state index contributed by atoms with van der Waals surface area (Å²) in [4.78, 5) is 29.3. The van der Waals surface area contributed by atoms with Gasteiger partial charge < -0.3 is 25.0 Å². The van der Waals surface area contributed by atoms with Gasteiger partial charge in [0.2, 0.25) is 0 Å². The van der Waals surface area contributed by atoms with Crippen LogP contribution in [0, 0.1) is 11.3 Å². The minimum atomic E-state index is -1.78. The molecule has 0 aliphatic carbocycles. The standard InChI is InChI=1S/C26H36BFN4O5/c1-26(2,31-13-11-21(28)17-31)15-20(16-29)24(33)32-12-7-6-10-22(32)18-37-25(34)30-23(27(35)36)14-19-8-4-3-5-9-19/h3-5,8-9,15,21-23,35-36H,6-7,10-14,17-18H2,1-2H3,(H,30,34)/t21-,22+,23?/m0/s1. The van der Waals surface area contributed by atoms with E-state index in [9.17, 15) is 29.3 Å². The number of nitrogens with one attached hydrogen (secondary N) is 1. The van der Waals surface area contributed by atoms with Crippen LogP contribution in [-0.4, -0.2) is 88.9 Å². The number of alkyl carbamates (subject to hydrolysis) is 1. The van der Waals surface area contributed by atoms with E-state index in [1.807, 2.05) is 55.1 Å². The summed E-state index contributed by atoms with van der Waals surface area (Å²) in [5.41, 5.74) is 0.136. The molecule has 200 valence electrons. The molecule has 37 heavy (non-hydrogen) atoms. The summed E-state index contributed by atoms with van der Waals surface area (Å²) in [7, 11) is -1.78. The number of hydrogen-bond donors (Lipinski definition) is 3. The lowest BCUT2D eigenvalue weighted by atomic mass is 9.76. The second kappa shape index (κ2) is 13.0. The molecule has 2 fully saturated rings. The lowest BCUT2D eigenvalue weighted by Crippen LogP contribution is -2.50. The average molecular weight is 514 g/mol. The second-order valence-electron chi connectivity index (χ2n) is 10.3. The number of hydrogen-bond acceptors (Lipinski definition) is 7. The predicted octanol–water partition coefficient (Wildman–Crippen LogP) is 1.99. The van der Waals surface area contributed by atoms with E-state index in [0.29, 0.717) is 25.9 Å². The number of ether oxygens (including phenoxy) is 1. The molecule has 2 saturated heterocycles. The number of amides is 2. The molecular formula is C26H36BFN4O5. The third-order valence-electron chi connectivity index (χ3n) is 7.05. The van der Waals surface area contributed by atoms with Crippen molar-refractivity contribution in [3.63, 3.8) is 0 Å². The zero-order valence-electron chi connectivity index (χ0n) is 21.5. The summed E-state index contributed by atoms with van der Waals surface area (Å²) in [5, 5.41) is 31.6. The van der Waals surface area contributed by atoms with Crippen LogP contribution in [0.5, 0.6) is 0 Å². The van der Waals surface area contributed by atoms with Crippen molar-refractivity contribution in [2.75, 3.05) is 26.2 Å². The lowest BCUT2D eigenvalue weighted by molar-refractivity contribution is -0.131. The van der Waals surface area contributed by atoms with Crippen molar-refractivity contribution < 1.29 is 28.8 Å². The molecule has 3 atom stereocenters. The van der Waals surface area contributed by atoms with Crippen LogP contribution in [-0.2, 0) is 16.0 Å². The number of nitrogens with zero attached hydrogens (tertiary/aromatic N) is 3. The molecule has 1 aromatic carbocycles. The van der Waals surface area contributed by atoms with Crippen molar-refractivity contribution in [3.8, 4) is 6.07 Å². The van der Waals surface area contributed by atoms with Crippen LogP contribution in [0.15, 0.2) is 42.0 Å². The van der Waals surface area contributed by atoms with Gasteiger partial charge in [0.05, 0.1) is 12.0 Å². The zero-order valence-corrected chi connectivity index (χ0v) is 21.5. The number of piperidine rings is 1. The summed E-state index contributed by atoms with van der Waals surface area (Å²) < 4.78 is 19.1. The van der Waals surface area contributed by atoms with Crippen LogP contribution in [0.2, 0.25) is 0 Å². The van der Waals surface area contributed by atoms with E-state index in [2.05, 4.69) is 5.32 Å². The molecule has 2 amide bonds. The molecule has 1 unspecified atom stereocenters. The van der Waals surface area contributed by atoms with Crippen molar-refractivity contribution in [3.05, 3.63) is 47.5 Å². The quantitative estimate of drug-likeness (QED) is 0.261. The summed E-state index contributed by atoms with van der Waals surface area (Å²) >= 11 is 0. The van der Waals surface area contributed by atoms with Crippen LogP contribution < -0.4 is 5.32 Å². The van der Waals surface area contributed by atoms with Gasteiger partial charge in [-0.05, 0) is 57.6 Å². The van der Waals surface area contributed by atoms with Crippen LogP contribution >= 0.6 is 0 Å². The molecule has 2 heterocycles. The Kier molecular flexibility index (Phi) is 10.1. The maximum atomic E-state index is 13.7. The highest BCUT2D eigenvalue weighted by Gasteiger charge is 2.35. The minimum absolute atomic E-state index is 0.0185. The molecule has 0 saturated carbocycles. The largest absolute Gasteiger partial charge is 0.475 e. The van der Waals surface area contributed by atoms with Gasteiger partial charge in [0.15, 0.2) is 0 Å². The number of alkyl halides is 1. The highest BCUT2D eigenvalue weighted by molar-refractivity contribution is 6.43. The van der Waals surface area contributed by atoms with Crippen molar-refractivity contribution >= 4 is 19.1 Å². The monoisotopic (exact) mass is 514 g/mol. The predicted molar refractivity (Wildman–Crippen MR) is 137 cm³/mol. The Labute approximate surface area is 218 Å². The normalized spacial score (nSPS) is 21.7. The van der Waals surface area contributed by atoms with Gasteiger partial charge in [-0.3, -0.25) is 9.69 Å². The third kappa shape index (κ3) is 8.02. The molecule has 0 radical (unpaired) electrons. The number of likely N-dealkylation sites (tertiary alicyclic amines) is 2. The van der Waals surface area contributed by atoms with Gasteiger partial charge in [0, 0.05) is 25.2 Å². The van der Waals surface area contributed by atoms with Crippen molar-refractivity contribution in [1.29, 1.82) is 5.26 Å². The molecule has 0 aromatic heterocycles. The van der Waals surface area contributed by atoms with Gasteiger partial charge in [-0.15, -0.1) is 0 Å². The number of benzene rings is 1. The highest BCUT2D eigenvalue weighted by Crippen LogP contribution is 2.26. The van der Waals surface area contributed by atoms with E-state index in [1.54, 1.807) is 11.0 Å². The Morgan fingerprint density at radius 3 is 2.62 bits per heavy atom. The Hall–Kier alpha value is -2.94. The molecule has 0 spiro atoms. The van der Waals surface area contributed by atoms with E-state index in [1.165, 1.54) is 0 Å². The Balaban J connectivity index is 1.62. The average Bonchev–Trinajstić information content (AvgIpc) is 3.33. The van der Waals surface area contributed by atoms with Crippen LogP contribution in [0.1, 0.15) is 45.1 Å². The molecule has 9 nitrogen and oxygen atoms in total. The number of carbonyl (C=O) groups excluding carboxylic acids is 2. The molecule has 0 bridgehead atoms. The van der Waals surface area contributed by atoms with Gasteiger partial charge in [0.1, 0.15) is 24.4 Å². The SMILES string of the molecule is CC(C)(C=C(C#N)C(=O)N1CCCC[C@@H]1COC(=O)NC(Cc1ccccc1)B(O)O)N1CC[C@H](F)C1. The lowest BCUT2D eigenvalue weighted by Gasteiger charge is -2.36. The van der Waals surface area contributed by atoms with E-state index in [4.69, 9.17) is 4.74 Å². The first-order valence-electron chi connectivity index (χ1n) is 12.8. The smallest absolute Gasteiger partial charge is 0.447 e. The third-order valence-corrected chi connectivity index (χ3v) is 7.05. The first kappa shape index (κ1) is 28.6. The Morgan fingerprint density at radius 1 is 1.27 bits per heavy atom. The molecular weight excluding hydrogens is 478 g/mol. The van der Waals surface area contributed by atoms with Crippen LogP contribution in [0.25, 0.3) is 0 Å². The summed E-state index contributed by atoms with van der Waals surface area (Å²) in [6.07, 6.45) is 2.71. The maximum Gasteiger partial charge on any atom is 0.475 e. The van der Waals surface area contributed by atoms with Gasteiger partial charge in [-0.2, -0.15) is 5.26 Å². The fourth-order valence-electron chi connectivity index (χ4n) is 4.89. The van der Waals surface area contributed by atoms with E-state index >= 15 is 0 Å². The number of nitriles is 1. The number of rotatable bonds is 9. The van der Waals surface area contributed by atoms with Gasteiger partial charge in [0.25, 0.3) is 5.91 Å². The first-order valence-corrected chi connectivity index (χ1v) is 12.8. The number of halogens is 1.